The molecule has 0 saturated carbocycles. The highest BCUT2D eigenvalue weighted by Crippen LogP contribution is 2.24. The molecule has 1 fully saturated rings. The zero-order chi connectivity index (χ0) is 28.1. The molecule has 5 nitrogen and oxygen atoms in total. The summed E-state index contributed by atoms with van der Waals surface area (Å²) < 4.78 is 0. The van der Waals surface area contributed by atoms with E-state index in [1.165, 1.54) is 56.8 Å². The number of piperazine rings is 1. The molecule has 3 aromatic carbocycles. The van der Waals surface area contributed by atoms with Crippen LogP contribution in [0, 0.1) is 0 Å². The number of pyridine rings is 1. The van der Waals surface area contributed by atoms with E-state index in [1.807, 2.05) is 18.3 Å². The Morgan fingerprint density at radius 1 is 0.707 bits per heavy atom. The number of hydrogen-bond acceptors (Lipinski definition) is 5. The maximum absolute atomic E-state index is 6.13. The van der Waals surface area contributed by atoms with Crippen molar-refractivity contribution in [2.75, 3.05) is 70.8 Å². The Hall–Kier alpha value is -2.96. The van der Waals surface area contributed by atoms with Crippen molar-refractivity contribution < 1.29 is 0 Å². The predicted molar refractivity (Wildman–Crippen MR) is 174 cm³/mol. The zero-order valence-corrected chi connectivity index (χ0v) is 25.0. The van der Waals surface area contributed by atoms with Gasteiger partial charge < -0.3 is 20.0 Å². The molecule has 4 aromatic rings. The van der Waals surface area contributed by atoms with E-state index in [0.717, 1.165) is 67.1 Å². The molecule has 2 heterocycles. The van der Waals surface area contributed by atoms with Gasteiger partial charge in [0, 0.05) is 68.1 Å². The molecule has 0 bridgehead atoms. The van der Waals surface area contributed by atoms with Gasteiger partial charge in [-0.05, 0) is 80.7 Å². The van der Waals surface area contributed by atoms with Gasteiger partial charge in [0.05, 0.1) is 5.52 Å². The largest absolute Gasteiger partial charge is 0.384 e. The Morgan fingerprint density at radius 3 is 1.95 bits per heavy atom. The van der Waals surface area contributed by atoms with Gasteiger partial charge in [-0.1, -0.05) is 72.3 Å². The quantitative estimate of drug-likeness (QED) is 0.166. The van der Waals surface area contributed by atoms with Crippen molar-refractivity contribution in [2.45, 2.75) is 25.7 Å². The zero-order valence-electron chi connectivity index (χ0n) is 24.2. The highest BCUT2D eigenvalue weighted by atomic mass is 35.5. The highest BCUT2D eigenvalue weighted by Gasteiger charge is 2.16. The third-order valence-electron chi connectivity index (χ3n) is 8.20. The van der Waals surface area contributed by atoms with Crippen LogP contribution >= 0.6 is 11.6 Å². The first-order valence-electron chi connectivity index (χ1n) is 15.3. The van der Waals surface area contributed by atoms with Crippen LogP contribution in [0.2, 0.25) is 5.02 Å². The van der Waals surface area contributed by atoms with E-state index in [0.29, 0.717) is 0 Å². The van der Waals surface area contributed by atoms with Crippen LogP contribution in [0.5, 0.6) is 0 Å². The highest BCUT2D eigenvalue weighted by molar-refractivity contribution is 6.31. The minimum absolute atomic E-state index is 0.727. The third kappa shape index (κ3) is 9.54. The van der Waals surface area contributed by atoms with E-state index < -0.39 is 0 Å². The van der Waals surface area contributed by atoms with Crippen molar-refractivity contribution in [1.82, 2.24) is 19.7 Å². The number of anilines is 1. The molecule has 1 saturated heterocycles. The van der Waals surface area contributed by atoms with Crippen molar-refractivity contribution in [3.05, 3.63) is 107 Å². The maximum atomic E-state index is 6.13. The average molecular weight is 570 g/mol. The van der Waals surface area contributed by atoms with E-state index in [9.17, 15) is 0 Å². The van der Waals surface area contributed by atoms with Gasteiger partial charge in [0.1, 0.15) is 0 Å². The summed E-state index contributed by atoms with van der Waals surface area (Å²) in [5, 5.41) is 5.47. The van der Waals surface area contributed by atoms with Crippen LogP contribution in [0.15, 0.2) is 91.1 Å². The molecule has 1 aromatic heterocycles. The molecule has 1 aliphatic heterocycles. The number of benzene rings is 3. The normalized spacial score (nSPS) is 14.6. The lowest BCUT2D eigenvalue weighted by molar-refractivity contribution is 0.126. The summed E-state index contributed by atoms with van der Waals surface area (Å²) >= 11 is 6.13. The number of nitrogens with one attached hydrogen (secondary N) is 1. The Morgan fingerprint density at radius 2 is 1.32 bits per heavy atom. The molecule has 0 amide bonds. The second-order valence-electron chi connectivity index (χ2n) is 11.1. The van der Waals surface area contributed by atoms with Crippen molar-refractivity contribution in [3.63, 3.8) is 0 Å². The summed E-state index contributed by atoms with van der Waals surface area (Å²) in [6, 6.07) is 29.8. The summed E-state index contributed by atoms with van der Waals surface area (Å²) in [4.78, 5) is 12.4. The van der Waals surface area contributed by atoms with Gasteiger partial charge in [-0.15, -0.1) is 0 Å². The fraction of sp³-hybridized carbons (Fsp3) is 0.400. The lowest BCUT2D eigenvalue weighted by Crippen LogP contribution is -2.47. The second kappa shape index (κ2) is 15.9. The summed E-state index contributed by atoms with van der Waals surface area (Å²) in [5.74, 6) is 0. The SMILES string of the molecule is Clc1ccc2c(NCCCN3CCN(CCCN(CCc4ccccc4)CCc4ccccc4)CC3)ccnc2c1. The van der Waals surface area contributed by atoms with Crippen molar-refractivity contribution in [1.29, 1.82) is 0 Å². The van der Waals surface area contributed by atoms with Gasteiger partial charge in [-0.2, -0.15) is 0 Å². The van der Waals surface area contributed by atoms with Crippen LogP contribution < -0.4 is 5.32 Å². The number of hydrogen-bond donors (Lipinski definition) is 1. The molecule has 0 aliphatic carbocycles. The summed E-state index contributed by atoms with van der Waals surface area (Å²) in [5.41, 5.74) is 4.94. The first kappa shape index (κ1) is 29.5. The van der Waals surface area contributed by atoms with Crippen LogP contribution in [0.4, 0.5) is 5.69 Å². The van der Waals surface area contributed by atoms with Crippen molar-refractivity contribution >= 4 is 28.2 Å². The van der Waals surface area contributed by atoms with Crippen LogP contribution in [0.1, 0.15) is 24.0 Å². The molecule has 41 heavy (non-hydrogen) atoms. The summed E-state index contributed by atoms with van der Waals surface area (Å²) in [6.07, 6.45) is 6.46. The van der Waals surface area contributed by atoms with E-state index >= 15 is 0 Å². The lowest BCUT2D eigenvalue weighted by Gasteiger charge is -2.35. The Kier molecular flexibility index (Phi) is 11.4. The molecular weight excluding hydrogens is 526 g/mol. The minimum atomic E-state index is 0.727. The van der Waals surface area contributed by atoms with Gasteiger partial charge in [0.25, 0.3) is 0 Å². The molecule has 216 valence electrons. The molecule has 5 rings (SSSR count). The van der Waals surface area contributed by atoms with E-state index in [4.69, 9.17) is 11.6 Å². The second-order valence-corrected chi connectivity index (χ2v) is 11.6. The maximum Gasteiger partial charge on any atom is 0.0737 e. The van der Waals surface area contributed by atoms with Gasteiger partial charge in [-0.3, -0.25) is 4.98 Å². The van der Waals surface area contributed by atoms with E-state index in [2.05, 4.69) is 97.8 Å². The number of aromatic nitrogens is 1. The number of fused-ring (bicyclic) bond motifs is 1. The number of rotatable bonds is 15. The van der Waals surface area contributed by atoms with Gasteiger partial charge in [0.15, 0.2) is 0 Å². The topological polar surface area (TPSA) is 34.6 Å². The van der Waals surface area contributed by atoms with Crippen molar-refractivity contribution in [2.24, 2.45) is 0 Å². The molecule has 0 atom stereocenters. The van der Waals surface area contributed by atoms with E-state index in [1.54, 1.807) is 0 Å². The fourth-order valence-electron chi connectivity index (χ4n) is 5.75. The summed E-state index contributed by atoms with van der Waals surface area (Å²) in [7, 11) is 0. The predicted octanol–water partition coefficient (Wildman–Crippen LogP) is 6.49. The number of nitrogens with zero attached hydrogens (tertiary/aromatic N) is 4. The monoisotopic (exact) mass is 569 g/mol. The first-order chi connectivity index (χ1) is 20.2. The molecule has 1 aliphatic rings. The number of halogens is 1. The first-order valence-corrected chi connectivity index (χ1v) is 15.6. The minimum Gasteiger partial charge on any atom is -0.384 e. The Bertz CT molecular complexity index is 1260. The van der Waals surface area contributed by atoms with Gasteiger partial charge >= 0.3 is 0 Å². The molecule has 6 heteroatoms. The van der Waals surface area contributed by atoms with Crippen LogP contribution in [0.25, 0.3) is 10.9 Å². The van der Waals surface area contributed by atoms with Gasteiger partial charge in [0.2, 0.25) is 0 Å². The lowest BCUT2D eigenvalue weighted by atomic mass is 10.1. The molecule has 0 radical (unpaired) electrons. The Labute approximate surface area is 251 Å². The van der Waals surface area contributed by atoms with Crippen LogP contribution in [-0.2, 0) is 12.8 Å². The Balaban J connectivity index is 0.992. The average Bonchev–Trinajstić information content (AvgIpc) is 3.02. The fourth-order valence-corrected chi connectivity index (χ4v) is 5.92. The van der Waals surface area contributed by atoms with Crippen LogP contribution in [0.3, 0.4) is 0 Å². The van der Waals surface area contributed by atoms with Crippen molar-refractivity contribution in [3.8, 4) is 0 Å². The third-order valence-corrected chi connectivity index (χ3v) is 8.44. The molecule has 0 unspecified atom stereocenters. The van der Waals surface area contributed by atoms with Gasteiger partial charge in [-0.25, -0.2) is 0 Å². The molecule has 1 N–H and O–H groups in total. The summed E-state index contributed by atoms with van der Waals surface area (Å²) in [6.45, 7) is 11.4. The molecule has 0 spiro atoms. The smallest absolute Gasteiger partial charge is 0.0737 e. The van der Waals surface area contributed by atoms with E-state index in [-0.39, 0.29) is 0 Å². The molecular formula is C35H44ClN5. The van der Waals surface area contributed by atoms with Crippen LogP contribution in [-0.4, -0.2) is 85.1 Å². The standard InChI is InChI=1S/C35H44ClN5/c36-32-13-14-33-34(15-19-38-35(33)29-32)37-18-7-20-40-25-27-41(28-26-40)22-8-21-39(23-16-30-9-3-1-4-10-30)24-17-31-11-5-2-6-12-31/h1-6,9-15,19,29H,7-8,16-18,20-28H2,(H,37,38).